The Labute approximate surface area is 107 Å². The van der Waals surface area contributed by atoms with Crippen molar-refractivity contribution in [3.05, 3.63) is 35.9 Å². The average molecular weight is 250 g/mol. The van der Waals surface area contributed by atoms with E-state index in [9.17, 15) is 9.59 Å². The van der Waals surface area contributed by atoms with Crippen molar-refractivity contribution >= 4 is 11.9 Å². The molecule has 1 rings (SSSR count). The molecule has 0 aliphatic heterocycles. The molecule has 0 N–H and O–H groups in total. The Morgan fingerprint density at radius 3 is 2.28 bits per heavy atom. The number of ether oxygens (including phenoxy) is 2. The molecule has 0 aliphatic carbocycles. The minimum absolute atomic E-state index is 0.114. The number of esters is 2. The number of benzene rings is 1. The lowest BCUT2D eigenvalue weighted by molar-refractivity contribution is -0.168. The van der Waals surface area contributed by atoms with E-state index in [-0.39, 0.29) is 12.3 Å². The minimum atomic E-state index is -0.841. The Kier molecular flexibility index (Phi) is 5.36. The van der Waals surface area contributed by atoms with Crippen molar-refractivity contribution < 1.29 is 19.1 Å². The molecule has 0 amide bonds. The van der Waals surface area contributed by atoms with Gasteiger partial charge in [0.05, 0.1) is 13.5 Å². The van der Waals surface area contributed by atoms with Gasteiger partial charge in [-0.2, -0.15) is 0 Å². The predicted octanol–water partition coefficient (Wildman–Crippen LogP) is 1.97. The maximum absolute atomic E-state index is 11.7. The van der Waals surface area contributed by atoms with Gasteiger partial charge >= 0.3 is 11.9 Å². The van der Waals surface area contributed by atoms with Crippen LogP contribution in [-0.2, 0) is 25.5 Å². The maximum Gasteiger partial charge on any atom is 0.347 e. The van der Waals surface area contributed by atoms with Crippen molar-refractivity contribution in [3.63, 3.8) is 0 Å². The van der Waals surface area contributed by atoms with Crippen LogP contribution in [0.2, 0.25) is 0 Å². The SMILES string of the molecule is COC(=O)C(OC(=O)Cc1ccccc1)C(C)C. The lowest BCUT2D eigenvalue weighted by Gasteiger charge is -2.18. The molecule has 0 bridgehead atoms. The quantitative estimate of drug-likeness (QED) is 0.750. The van der Waals surface area contributed by atoms with E-state index < -0.39 is 18.0 Å². The summed E-state index contributed by atoms with van der Waals surface area (Å²) in [7, 11) is 1.28. The molecule has 4 nitrogen and oxygen atoms in total. The van der Waals surface area contributed by atoms with Gasteiger partial charge in [0.25, 0.3) is 0 Å². The van der Waals surface area contributed by atoms with Crippen LogP contribution in [0.5, 0.6) is 0 Å². The molecule has 0 spiro atoms. The van der Waals surface area contributed by atoms with Gasteiger partial charge in [0.1, 0.15) is 0 Å². The lowest BCUT2D eigenvalue weighted by Crippen LogP contribution is -2.33. The Morgan fingerprint density at radius 1 is 1.17 bits per heavy atom. The number of carbonyl (C=O) groups excluding carboxylic acids is 2. The molecule has 1 aromatic carbocycles. The lowest BCUT2D eigenvalue weighted by atomic mass is 10.1. The normalized spacial score (nSPS) is 12.0. The molecule has 0 heterocycles. The first-order valence-corrected chi connectivity index (χ1v) is 5.85. The number of methoxy groups -OCH3 is 1. The highest BCUT2D eigenvalue weighted by Gasteiger charge is 2.27. The van der Waals surface area contributed by atoms with Gasteiger partial charge in [-0.15, -0.1) is 0 Å². The van der Waals surface area contributed by atoms with Gasteiger partial charge < -0.3 is 9.47 Å². The van der Waals surface area contributed by atoms with Gasteiger partial charge in [-0.25, -0.2) is 4.79 Å². The molecule has 1 unspecified atom stereocenters. The zero-order chi connectivity index (χ0) is 13.5. The van der Waals surface area contributed by atoms with Gasteiger partial charge in [-0.05, 0) is 5.56 Å². The molecule has 1 aromatic rings. The van der Waals surface area contributed by atoms with Gasteiger partial charge in [0, 0.05) is 5.92 Å². The molecule has 0 aromatic heterocycles. The molecule has 0 radical (unpaired) electrons. The summed E-state index contributed by atoms with van der Waals surface area (Å²) in [6, 6.07) is 9.25. The minimum Gasteiger partial charge on any atom is -0.466 e. The summed E-state index contributed by atoms with van der Waals surface area (Å²) in [6.45, 7) is 3.61. The van der Waals surface area contributed by atoms with E-state index in [1.807, 2.05) is 30.3 Å². The molecule has 1 atom stereocenters. The average Bonchev–Trinajstić information content (AvgIpc) is 2.36. The molecule has 0 fully saturated rings. The highest BCUT2D eigenvalue weighted by Crippen LogP contribution is 2.10. The third-order valence-electron chi connectivity index (χ3n) is 2.49. The molecule has 98 valence electrons. The van der Waals surface area contributed by atoms with Crippen LogP contribution in [0.1, 0.15) is 19.4 Å². The largest absolute Gasteiger partial charge is 0.466 e. The molecule has 0 saturated heterocycles. The molecule has 18 heavy (non-hydrogen) atoms. The van der Waals surface area contributed by atoms with Crippen LogP contribution in [-0.4, -0.2) is 25.2 Å². The second-order valence-electron chi connectivity index (χ2n) is 4.34. The highest BCUT2D eigenvalue weighted by molar-refractivity contribution is 5.80. The van der Waals surface area contributed by atoms with Gasteiger partial charge in [0.2, 0.25) is 6.10 Å². The first-order valence-electron chi connectivity index (χ1n) is 5.85. The fourth-order valence-electron chi connectivity index (χ4n) is 1.52. The first kappa shape index (κ1) is 14.2. The summed E-state index contributed by atoms with van der Waals surface area (Å²) in [4.78, 5) is 23.2. The smallest absolute Gasteiger partial charge is 0.347 e. The van der Waals surface area contributed by atoms with E-state index in [0.29, 0.717) is 0 Å². The second-order valence-corrected chi connectivity index (χ2v) is 4.34. The zero-order valence-electron chi connectivity index (χ0n) is 10.9. The first-order chi connectivity index (χ1) is 8.54. The third kappa shape index (κ3) is 4.20. The Bertz CT molecular complexity index is 398. The summed E-state index contributed by atoms with van der Waals surface area (Å²) in [5.74, 6) is -1.06. The fraction of sp³-hybridized carbons (Fsp3) is 0.429. The number of hydrogen-bond donors (Lipinski definition) is 0. The summed E-state index contributed by atoms with van der Waals surface area (Å²) in [6.07, 6.45) is -0.688. The van der Waals surface area contributed by atoms with E-state index in [1.165, 1.54) is 7.11 Å². The number of carbonyl (C=O) groups is 2. The van der Waals surface area contributed by atoms with Crippen LogP contribution >= 0.6 is 0 Å². The van der Waals surface area contributed by atoms with Crippen LogP contribution in [0.15, 0.2) is 30.3 Å². The Morgan fingerprint density at radius 2 is 1.78 bits per heavy atom. The Hall–Kier alpha value is -1.84. The van der Waals surface area contributed by atoms with Crippen molar-refractivity contribution in [1.82, 2.24) is 0 Å². The van der Waals surface area contributed by atoms with E-state index in [4.69, 9.17) is 4.74 Å². The van der Waals surface area contributed by atoms with Crippen molar-refractivity contribution in [2.24, 2.45) is 5.92 Å². The molecule has 4 heteroatoms. The third-order valence-corrected chi connectivity index (χ3v) is 2.49. The summed E-state index contributed by atoms with van der Waals surface area (Å²) in [5, 5.41) is 0. The standard InChI is InChI=1S/C14H18O4/c1-10(2)13(14(16)17-3)18-12(15)9-11-7-5-4-6-8-11/h4-8,10,13H,9H2,1-3H3. The van der Waals surface area contributed by atoms with Crippen molar-refractivity contribution in [2.75, 3.05) is 7.11 Å². The molecule has 0 aliphatic rings. The summed E-state index contributed by atoms with van der Waals surface area (Å²) >= 11 is 0. The molecule has 0 saturated carbocycles. The second kappa shape index (κ2) is 6.79. The number of hydrogen-bond acceptors (Lipinski definition) is 4. The van der Waals surface area contributed by atoms with Crippen LogP contribution in [0.25, 0.3) is 0 Å². The summed E-state index contributed by atoms with van der Waals surface area (Å²) < 4.78 is 9.76. The van der Waals surface area contributed by atoms with Gasteiger partial charge in [0.15, 0.2) is 0 Å². The fourth-order valence-corrected chi connectivity index (χ4v) is 1.52. The van der Waals surface area contributed by atoms with E-state index in [0.717, 1.165) is 5.56 Å². The van der Waals surface area contributed by atoms with Crippen molar-refractivity contribution in [1.29, 1.82) is 0 Å². The summed E-state index contributed by atoms with van der Waals surface area (Å²) in [5.41, 5.74) is 0.856. The van der Waals surface area contributed by atoms with Crippen molar-refractivity contribution in [2.45, 2.75) is 26.4 Å². The zero-order valence-corrected chi connectivity index (χ0v) is 10.9. The maximum atomic E-state index is 11.7. The van der Waals surface area contributed by atoms with Gasteiger partial charge in [-0.3, -0.25) is 4.79 Å². The van der Waals surface area contributed by atoms with E-state index in [1.54, 1.807) is 13.8 Å². The predicted molar refractivity (Wildman–Crippen MR) is 66.9 cm³/mol. The van der Waals surface area contributed by atoms with Crippen LogP contribution in [0.4, 0.5) is 0 Å². The van der Waals surface area contributed by atoms with E-state index >= 15 is 0 Å². The Balaban J connectivity index is 2.60. The molecular formula is C14H18O4. The van der Waals surface area contributed by atoms with Gasteiger partial charge in [-0.1, -0.05) is 44.2 Å². The van der Waals surface area contributed by atoms with E-state index in [2.05, 4.69) is 4.74 Å². The number of rotatable bonds is 5. The monoisotopic (exact) mass is 250 g/mol. The van der Waals surface area contributed by atoms with Crippen LogP contribution < -0.4 is 0 Å². The van der Waals surface area contributed by atoms with Crippen LogP contribution in [0.3, 0.4) is 0 Å². The highest BCUT2D eigenvalue weighted by atomic mass is 16.6. The topological polar surface area (TPSA) is 52.6 Å². The van der Waals surface area contributed by atoms with Crippen molar-refractivity contribution in [3.8, 4) is 0 Å². The molecular weight excluding hydrogens is 232 g/mol. The van der Waals surface area contributed by atoms with Crippen LogP contribution in [0, 0.1) is 5.92 Å².